The van der Waals surface area contributed by atoms with Crippen LogP contribution in [0.5, 0.6) is 0 Å². The molecule has 0 N–H and O–H groups in total. The van der Waals surface area contributed by atoms with Crippen molar-refractivity contribution in [1.82, 2.24) is 14.7 Å². The molecule has 6 heteroatoms. The summed E-state index contributed by atoms with van der Waals surface area (Å²) in [6, 6.07) is 0. The van der Waals surface area contributed by atoms with Gasteiger partial charge in [-0.3, -0.25) is 14.4 Å². The van der Waals surface area contributed by atoms with Crippen LogP contribution in [0.1, 0.15) is 38.1 Å². The zero-order valence-corrected chi connectivity index (χ0v) is 13.8. The van der Waals surface area contributed by atoms with Crippen LogP contribution in [0.3, 0.4) is 0 Å². The van der Waals surface area contributed by atoms with Crippen molar-refractivity contribution in [2.24, 2.45) is 13.0 Å². The third-order valence-corrected chi connectivity index (χ3v) is 4.44. The van der Waals surface area contributed by atoms with Crippen LogP contribution in [0.2, 0.25) is 5.02 Å². The van der Waals surface area contributed by atoms with Gasteiger partial charge in [-0.15, -0.1) is 0 Å². The third-order valence-electron chi connectivity index (χ3n) is 4.00. The summed E-state index contributed by atoms with van der Waals surface area (Å²) in [6.45, 7) is 6.80. The van der Waals surface area contributed by atoms with Crippen molar-refractivity contribution < 1.29 is 9.53 Å². The van der Waals surface area contributed by atoms with E-state index >= 15 is 0 Å². The molecule has 0 radical (unpaired) electrons. The summed E-state index contributed by atoms with van der Waals surface area (Å²) in [5.41, 5.74) is 1.96. The van der Waals surface area contributed by atoms with Crippen molar-refractivity contribution >= 4 is 17.6 Å². The maximum absolute atomic E-state index is 11.9. The number of carbonyl (C=O) groups is 1. The van der Waals surface area contributed by atoms with Gasteiger partial charge in [0.05, 0.1) is 28.9 Å². The Labute approximate surface area is 131 Å². The lowest BCUT2D eigenvalue weighted by Crippen LogP contribution is -2.39. The normalized spacial score (nSPS) is 19.7. The minimum absolute atomic E-state index is 0.0173. The van der Waals surface area contributed by atoms with E-state index in [1.54, 1.807) is 0 Å². The number of hydrogen-bond donors (Lipinski definition) is 0. The van der Waals surface area contributed by atoms with Gasteiger partial charge in [0.2, 0.25) is 0 Å². The van der Waals surface area contributed by atoms with E-state index < -0.39 is 0 Å². The van der Waals surface area contributed by atoms with Crippen molar-refractivity contribution in [3.05, 3.63) is 16.4 Å². The van der Waals surface area contributed by atoms with Crippen LogP contribution >= 0.6 is 11.6 Å². The van der Waals surface area contributed by atoms with Gasteiger partial charge < -0.3 is 4.74 Å². The number of aromatic nitrogens is 2. The zero-order chi connectivity index (χ0) is 15.4. The largest absolute Gasteiger partial charge is 0.466 e. The van der Waals surface area contributed by atoms with Crippen LogP contribution in [0.4, 0.5) is 0 Å². The molecule has 0 aromatic carbocycles. The quantitative estimate of drug-likeness (QED) is 0.783. The highest BCUT2D eigenvalue weighted by Crippen LogP contribution is 2.25. The fourth-order valence-electron chi connectivity index (χ4n) is 2.86. The van der Waals surface area contributed by atoms with Crippen molar-refractivity contribution in [2.45, 2.75) is 39.7 Å². The Balaban J connectivity index is 2.03. The highest BCUT2D eigenvalue weighted by Gasteiger charge is 2.28. The molecule has 1 atom stereocenters. The van der Waals surface area contributed by atoms with E-state index in [0.717, 1.165) is 55.3 Å². The Kier molecular flexibility index (Phi) is 5.65. The number of rotatable bonds is 5. The minimum atomic E-state index is -0.0763. The molecule has 1 fully saturated rings. The van der Waals surface area contributed by atoms with E-state index in [9.17, 15) is 4.79 Å². The van der Waals surface area contributed by atoms with Crippen LogP contribution in [0.15, 0.2) is 0 Å². The fraction of sp³-hybridized carbons (Fsp3) is 0.733. The topological polar surface area (TPSA) is 47.4 Å². The van der Waals surface area contributed by atoms with Crippen LogP contribution in [-0.4, -0.2) is 40.3 Å². The lowest BCUT2D eigenvalue weighted by molar-refractivity contribution is -0.150. The average Bonchev–Trinajstić information content (AvgIpc) is 2.75. The first-order valence-electron chi connectivity index (χ1n) is 7.66. The predicted molar refractivity (Wildman–Crippen MR) is 82.2 cm³/mol. The first kappa shape index (κ1) is 16.3. The maximum atomic E-state index is 11.9. The maximum Gasteiger partial charge on any atom is 0.310 e. The summed E-state index contributed by atoms with van der Waals surface area (Å²) in [5.74, 6) is -0.0936. The number of likely N-dealkylation sites (tertiary alicyclic amines) is 1. The number of carbonyl (C=O) groups excluding carboxylic acids is 1. The first-order valence-corrected chi connectivity index (χ1v) is 8.03. The molecule has 0 bridgehead atoms. The van der Waals surface area contributed by atoms with E-state index in [4.69, 9.17) is 16.3 Å². The highest BCUT2D eigenvalue weighted by molar-refractivity contribution is 6.31. The Morgan fingerprint density at radius 1 is 1.48 bits per heavy atom. The molecule has 1 saturated heterocycles. The van der Waals surface area contributed by atoms with E-state index in [2.05, 4.69) is 16.9 Å². The molecule has 0 saturated carbocycles. The molecule has 1 aromatic rings. The van der Waals surface area contributed by atoms with Crippen molar-refractivity contribution in [2.75, 3.05) is 19.7 Å². The third kappa shape index (κ3) is 3.77. The monoisotopic (exact) mass is 313 g/mol. The molecule has 2 heterocycles. The van der Waals surface area contributed by atoms with Crippen molar-refractivity contribution in [3.63, 3.8) is 0 Å². The van der Waals surface area contributed by atoms with E-state index in [1.807, 2.05) is 18.7 Å². The molecule has 118 valence electrons. The smallest absolute Gasteiger partial charge is 0.310 e. The number of halogens is 1. The van der Waals surface area contributed by atoms with Gasteiger partial charge in [0.1, 0.15) is 0 Å². The molecule has 0 spiro atoms. The first-order chi connectivity index (χ1) is 10.1. The van der Waals surface area contributed by atoms with Crippen molar-refractivity contribution in [1.29, 1.82) is 0 Å². The van der Waals surface area contributed by atoms with Gasteiger partial charge in [-0.25, -0.2) is 0 Å². The van der Waals surface area contributed by atoms with Gasteiger partial charge in [0.25, 0.3) is 0 Å². The Morgan fingerprint density at radius 2 is 2.24 bits per heavy atom. The number of ether oxygens (including phenoxy) is 1. The van der Waals surface area contributed by atoms with Gasteiger partial charge in [-0.1, -0.05) is 18.5 Å². The summed E-state index contributed by atoms with van der Waals surface area (Å²) in [6.07, 6.45) is 2.76. The summed E-state index contributed by atoms with van der Waals surface area (Å²) in [7, 11) is 1.92. The van der Waals surface area contributed by atoms with E-state index in [0.29, 0.717) is 6.61 Å². The predicted octanol–water partition coefficient (Wildman–Crippen LogP) is 2.41. The fourth-order valence-corrected chi connectivity index (χ4v) is 3.21. The molecule has 0 amide bonds. The van der Waals surface area contributed by atoms with Gasteiger partial charge in [0, 0.05) is 20.1 Å². The van der Waals surface area contributed by atoms with Gasteiger partial charge >= 0.3 is 5.97 Å². The minimum Gasteiger partial charge on any atom is -0.466 e. The Morgan fingerprint density at radius 3 is 2.86 bits per heavy atom. The Hall–Kier alpha value is -1.07. The molecule has 2 rings (SSSR count). The SMILES string of the molecule is CCOC(=O)[C@H]1CCCN(Cc2c(Cl)c(CC)nn2C)C1. The van der Waals surface area contributed by atoms with Crippen LogP contribution in [-0.2, 0) is 29.5 Å². The summed E-state index contributed by atoms with van der Waals surface area (Å²) >= 11 is 6.40. The average molecular weight is 314 g/mol. The second-order valence-electron chi connectivity index (χ2n) is 5.51. The summed E-state index contributed by atoms with van der Waals surface area (Å²) in [4.78, 5) is 14.2. The lowest BCUT2D eigenvalue weighted by Gasteiger charge is -2.31. The molecule has 21 heavy (non-hydrogen) atoms. The summed E-state index contributed by atoms with van der Waals surface area (Å²) in [5, 5.41) is 5.21. The molecule has 0 aliphatic carbocycles. The van der Waals surface area contributed by atoms with Gasteiger partial charge in [-0.2, -0.15) is 5.10 Å². The number of nitrogens with zero attached hydrogens (tertiary/aromatic N) is 3. The molecule has 1 aliphatic heterocycles. The molecule has 1 aromatic heterocycles. The molecule has 1 aliphatic rings. The van der Waals surface area contributed by atoms with Crippen LogP contribution < -0.4 is 0 Å². The Bertz CT molecular complexity index is 501. The molecule has 5 nitrogen and oxygen atoms in total. The van der Waals surface area contributed by atoms with Crippen LogP contribution in [0.25, 0.3) is 0 Å². The number of piperidine rings is 1. The van der Waals surface area contributed by atoms with E-state index in [-0.39, 0.29) is 11.9 Å². The number of hydrogen-bond acceptors (Lipinski definition) is 4. The lowest BCUT2D eigenvalue weighted by atomic mass is 9.98. The standard InChI is InChI=1S/C15H24ClN3O2/c1-4-12-14(16)13(18(3)17-12)10-19-8-6-7-11(9-19)15(20)21-5-2/h11H,4-10H2,1-3H3/t11-/m0/s1. The van der Waals surface area contributed by atoms with Gasteiger partial charge in [0.15, 0.2) is 0 Å². The number of esters is 1. The second kappa shape index (κ2) is 7.27. The van der Waals surface area contributed by atoms with Crippen molar-refractivity contribution in [3.8, 4) is 0 Å². The van der Waals surface area contributed by atoms with Gasteiger partial charge in [-0.05, 0) is 32.7 Å². The highest BCUT2D eigenvalue weighted by atomic mass is 35.5. The second-order valence-corrected chi connectivity index (χ2v) is 5.89. The van der Waals surface area contributed by atoms with E-state index in [1.165, 1.54) is 0 Å². The summed E-state index contributed by atoms with van der Waals surface area (Å²) < 4.78 is 7.00. The molecular formula is C15H24ClN3O2. The van der Waals surface area contributed by atoms with Crippen LogP contribution in [0, 0.1) is 5.92 Å². The zero-order valence-electron chi connectivity index (χ0n) is 13.1. The molecular weight excluding hydrogens is 290 g/mol. The molecule has 0 unspecified atom stereocenters. The number of aryl methyl sites for hydroxylation is 2.